The van der Waals surface area contributed by atoms with Crippen LogP contribution in [0.2, 0.25) is 0 Å². The van der Waals surface area contributed by atoms with E-state index in [4.69, 9.17) is 0 Å². The number of nitrogens with one attached hydrogen (secondary N) is 2. The van der Waals surface area contributed by atoms with Crippen LogP contribution in [-0.4, -0.2) is 15.3 Å². The lowest BCUT2D eigenvalue weighted by Gasteiger charge is -2.19. The zero-order valence-corrected chi connectivity index (χ0v) is 12.8. The molecule has 2 aromatic rings. The summed E-state index contributed by atoms with van der Waals surface area (Å²) >= 11 is 0. The quantitative estimate of drug-likeness (QED) is 0.600. The van der Waals surface area contributed by atoms with E-state index >= 15 is 0 Å². The molecule has 0 saturated heterocycles. The third-order valence-corrected chi connectivity index (χ3v) is 3.31. The van der Waals surface area contributed by atoms with Gasteiger partial charge in [-0.15, -0.1) is 6.58 Å². The molecule has 0 unspecified atom stereocenters. The van der Waals surface area contributed by atoms with E-state index in [9.17, 15) is 14.7 Å². The fraction of sp³-hybridized carbons (Fsp3) is 0.250. The first-order chi connectivity index (χ1) is 11.1. The number of aromatic nitrogens is 3. The van der Waals surface area contributed by atoms with Gasteiger partial charge in [0.15, 0.2) is 12.4 Å². The summed E-state index contributed by atoms with van der Waals surface area (Å²) < 4.78 is 0.936. The third-order valence-electron chi connectivity index (χ3n) is 3.31. The Balaban J connectivity index is 2.49. The van der Waals surface area contributed by atoms with Crippen molar-refractivity contribution in [3.63, 3.8) is 0 Å². The molecule has 0 saturated carbocycles. The molecule has 0 spiro atoms. The van der Waals surface area contributed by atoms with Crippen molar-refractivity contribution in [1.29, 1.82) is 0 Å². The summed E-state index contributed by atoms with van der Waals surface area (Å²) in [4.78, 5) is 33.2. The van der Waals surface area contributed by atoms with Crippen LogP contribution in [0.1, 0.15) is 24.5 Å². The first kappa shape index (κ1) is 16.4. The Morgan fingerprint density at radius 2 is 2.30 bits per heavy atom. The number of hydrogen-bond donors (Lipinski definition) is 1. The lowest BCUT2D eigenvalue weighted by molar-refractivity contribution is -0.378. The van der Waals surface area contributed by atoms with Gasteiger partial charge in [-0.25, -0.2) is 9.78 Å². The standard InChI is InChI=1S/C16H18N4O3/c1-3-8-20-15(22)13(14(21)19-16(20)23)12(4-2)18-10-11-6-5-7-17-9-11/h3,5-7,9,22H,1,4,8,10H2,2H3,(H,19,21,23). The molecule has 2 N–H and O–H groups in total. The van der Waals surface area contributed by atoms with Crippen molar-refractivity contribution in [3.05, 3.63) is 69.1 Å². The molecule has 0 radical (unpaired) electrons. The van der Waals surface area contributed by atoms with Crippen LogP contribution in [0.5, 0.6) is 5.88 Å². The zero-order valence-electron chi connectivity index (χ0n) is 12.8. The lowest BCUT2D eigenvalue weighted by Crippen LogP contribution is -2.36. The molecule has 0 aromatic carbocycles. The maximum atomic E-state index is 12.4. The highest BCUT2D eigenvalue weighted by Gasteiger charge is 2.12. The van der Waals surface area contributed by atoms with Crippen LogP contribution in [0, 0.1) is 0 Å². The number of H-pyrrole nitrogens is 2. The summed E-state index contributed by atoms with van der Waals surface area (Å²) in [6, 6.07) is 3.72. The van der Waals surface area contributed by atoms with Crippen molar-refractivity contribution in [3.8, 4) is 5.88 Å². The van der Waals surface area contributed by atoms with E-state index in [0.717, 1.165) is 10.1 Å². The highest BCUT2D eigenvalue weighted by Crippen LogP contribution is 2.11. The Hall–Kier alpha value is -2.96. The fourth-order valence-corrected chi connectivity index (χ4v) is 2.18. The van der Waals surface area contributed by atoms with Gasteiger partial charge in [-0.05, 0) is 18.4 Å². The van der Waals surface area contributed by atoms with E-state index in [1.807, 2.05) is 12.1 Å². The molecule has 0 aliphatic heterocycles. The molecule has 0 atom stereocenters. The normalized spacial score (nSPS) is 11.4. The van der Waals surface area contributed by atoms with Crippen LogP contribution >= 0.6 is 0 Å². The van der Waals surface area contributed by atoms with Crippen LogP contribution in [-0.2, 0) is 13.1 Å². The number of hydrogen-bond acceptors (Lipinski definition) is 4. The maximum absolute atomic E-state index is 12.4. The molecule has 0 amide bonds. The molecule has 7 heteroatoms. The third kappa shape index (κ3) is 3.63. The summed E-state index contributed by atoms with van der Waals surface area (Å²) in [7, 11) is 0. The zero-order chi connectivity index (χ0) is 16.8. The smallest absolute Gasteiger partial charge is 0.328 e. The molecular formula is C16H18N4O3. The Kier molecular flexibility index (Phi) is 5.24. The lowest BCUT2D eigenvalue weighted by atomic mass is 10.1. The first-order valence-electron chi connectivity index (χ1n) is 7.22. The molecule has 0 fully saturated rings. The van der Waals surface area contributed by atoms with Gasteiger partial charge in [-0.2, -0.15) is 0 Å². The Labute approximate surface area is 132 Å². The van der Waals surface area contributed by atoms with E-state index in [0.29, 0.717) is 18.7 Å². The van der Waals surface area contributed by atoms with Gasteiger partial charge < -0.3 is 9.67 Å². The molecule has 2 aromatic heterocycles. The molecule has 0 bridgehead atoms. The predicted octanol–water partition coefficient (Wildman–Crippen LogP) is 0.00960. The maximum Gasteiger partial charge on any atom is 0.328 e. The molecule has 0 aliphatic rings. The average Bonchev–Trinajstić information content (AvgIpc) is 2.55. The van der Waals surface area contributed by atoms with Gasteiger partial charge in [0.25, 0.3) is 5.56 Å². The van der Waals surface area contributed by atoms with E-state index in [-0.39, 0.29) is 12.1 Å². The fourth-order valence-electron chi connectivity index (χ4n) is 2.18. The highest BCUT2D eigenvalue weighted by atomic mass is 16.3. The Morgan fingerprint density at radius 3 is 2.91 bits per heavy atom. The number of pyridine rings is 1. The summed E-state index contributed by atoms with van der Waals surface area (Å²) in [5.41, 5.74) is -0.245. The van der Waals surface area contributed by atoms with Gasteiger partial charge in [0.1, 0.15) is 0 Å². The van der Waals surface area contributed by atoms with Gasteiger partial charge in [-0.3, -0.25) is 14.8 Å². The molecule has 23 heavy (non-hydrogen) atoms. The second-order valence-electron chi connectivity index (χ2n) is 4.87. The van der Waals surface area contributed by atoms with Gasteiger partial charge in [-0.1, -0.05) is 13.0 Å². The summed E-state index contributed by atoms with van der Waals surface area (Å²) in [5.74, 6) is -0.640. The average molecular weight is 314 g/mol. The molecule has 2 heterocycles. The van der Waals surface area contributed by atoms with Crippen molar-refractivity contribution in [2.24, 2.45) is 4.99 Å². The SMILES string of the molecule is C=CCn1c([O-])c(C(CC)=NCc2ccc[nH+]c2)c(=O)[nH]c1=O. The predicted molar refractivity (Wildman–Crippen MR) is 84.5 cm³/mol. The van der Waals surface area contributed by atoms with Gasteiger partial charge in [0, 0.05) is 23.9 Å². The number of nitrogens with zero attached hydrogens (tertiary/aromatic N) is 2. The number of aromatic amines is 2. The van der Waals surface area contributed by atoms with Crippen LogP contribution < -0.4 is 21.3 Å². The molecule has 2 rings (SSSR count). The number of allylic oxidation sites excluding steroid dienone is 1. The van der Waals surface area contributed by atoms with Crippen LogP contribution in [0.3, 0.4) is 0 Å². The minimum absolute atomic E-state index is 0.0338. The van der Waals surface area contributed by atoms with Gasteiger partial charge in [0.05, 0.1) is 12.1 Å². The molecule has 7 nitrogen and oxygen atoms in total. The van der Waals surface area contributed by atoms with E-state index in [1.54, 1.807) is 19.3 Å². The van der Waals surface area contributed by atoms with Crippen LogP contribution in [0.15, 0.2) is 51.8 Å². The monoisotopic (exact) mass is 314 g/mol. The van der Waals surface area contributed by atoms with E-state index in [2.05, 4.69) is 21.5 Å². The Morgan fingerprint density at radius 1 is 1.52 bits per heavy atom. The second kappa shape index (κ2) is 7.35. The van der Waals surface area contributed by atoms with Gasteiger partial charge in [0.2, 0.25) is 0 Å². The summed E-state index contributed by atoms with van der Waals surface area (Å²) in [6.45, 7) is 5.68. The van der Waals surface area contributed by atoms with Crippen molar-refractivity contribution >= 4 is 5.71 Å². The molecule has 120 valence electrons. The van der Waals surface area contributed by atoms with Crippen molar-refractivity contribution in [1.82, 2.24) is 9.55 Å². The largest absolute Gasteiger partial charge is 0.859 e. The molecule has 0 aliphatic carbocycles. The van der Waals surface area contributed by atoms with Crippen LogP contribution in [0.25, 0.3) is 0 Å². The Bertz CT molecular complexity index is 835. The van der Waals surface area contributed by atoms with Gasteiger partial charge >= 0.3 is 5.69 Å². The minimum Gasteiger partial charge on any atom is -0.859 e. The van der Waals surface area contributed by atoms with Crippen molar-refractivity contribution in [2.45, 2.75) is 26.4 Å². The van der Waals surface area contributed by atoms with Crippen LogP contribution in [0.4, 0.5) is 0 Å². The van der Waals surface area contributed by atoms with Crippen molar-refractivity contribution in [2.75, 3.05) is 0 Å². The first-order valence-corrected chi connectivity index (χ1v) is 7.22. The van der Waals surface area contributed by atoms with Crippen molar-refractivity contribution < 1.29 is 10.1 Å². The minimum atomic E-state index is -0.739. The summed E-state index contributed by atoms with van der Waals surface area (Å²) in [5, 5.41) is 12.4. The van der Waals surface area contributed by atoms with E-state index in [1.165, 1.54) is 6.08 Å². The second-order valence-corrected chi connectivity index (χ2v) is 4.87. The summed E-state index contributed by atoms with van der Waals surface area (Å²) in [6.07, 6.45) is 5.39. The highest BCUT2D eigenvalue weighted by molar-refractivity contribution is 6.01. The molecular weight excluding hydrogens is 296 g/mol. The number of rotatable bonds is 6. The number of aliphatic imine (C=N–C) groups is 1. The van der Waals surface area contributed by atoms with E-state index < -0.39 is 17.1 Å². The topological polar surface area (TPSA) is 104 Å².